The van der Waals surface area contributed by atoms with Gasteiger partial charge in [-0.3, -0.25) is 9.59 Å². The highest BCUT2D eigenvalue weighted by atomic mass is 16.5. The Morgan fingerprint density at radius 2 is 1.36 bits per heavy atom. The van der Waals surface area contributed by atoms with Crippen molar-refractivity contribution in [2.45, 2.75) is 37.8 Å². The van der Waals surface area contributed by atoms with Crippen LogP contribution in [0.4, 0.5) is 5.69 Å². The zero-order valence-corrected chi connectivity index (χ0v) is 18.1. The Kier molecular flexibility index (Phi) is 8.57. The number of hydrogen-bond donors (Lipinski definition) is 3. The summed E-state index contributed by atoms with van der Waals surface area (Å²) in [6.45, 7) is -0.147. The lowest BCUT2D eigenvalue weighted by Crippen LogP contribution is -2.45. The van der Waals surface area contributed by atoms with Crippen LogP contribution in [0.2, 0.25) is 0 Å². The minimum absolute atomic E-state index is 0.0556. The van der Waals surface area contributed by atoms with Gasteiger partial charge in [0.15, 0.2) is 24.0 Å². The Hall–Kier alpha value is -4.15. The fraction of sp³-hybridized carbons (Fsp3) is 0.333. The molecule has 33 heavy (non-hydrogen) atoms. The fourth-order valence-corrected chi connectivity index (χ4v) is 3.53. The Morgan fingerprint density at radius 1 is 0.909 bits per heavy atom. The van der Waals surface area contributed by atoms with Crippen LogP contribution in [0.1, 0.15) is 31.2 Å². The van der Waals surface area contributed by atoms with E-state index in [0.29, 0.717) is 17.2 Å². The van der Waals surface area contributed by atoms with E-state index in [0.717, 1.165) is 31.2 Å². The van der Waals surface area contributed by atoms with Crippen LogP contribution >= 0.6 is 0 Å². The number of nitrogens with zero attached hydrogens (tertiary/aromatic N) is 2. The van der Waals surface area contributed by atoms with Gasteiger partial charge in [-0.1, -0.05) is 5.92 Å². The van der Waals surface area contributed by atoms with E-state index in [1.165, 1.54) is 0 Å². The molecule has 0 heterocycles. The molecule has 9 nitrogen and oxygen atoms in total. The molecule has 0 radical (unpaired) electrons. The second-order valence-electron chi connectivity index (χ2n) is 7.62. The van der Waals surface area contributed by atoms with Gasteiger partial charge in [0.25, 0.3) is 11.8 Å². The van der Waals surface area contributed by atoms with E-state index in [4.69, 9.17) is 21.4 Å². The maximum atomic E-state index is 12.2. The highest BCUT2D eigenvalue weighted by Crippen LogP contribution is 2.20. The van der Waals surface area contributed by atoms with Crippen LogP contribution in [0, 0.1) is 17.9 Å². The Morgan fingerprint density at radius 3 is 1.79 bits per heavy atom. The molecule has 2 aromatic rings. The van der Waals surface area contributed by atoms with Gasteiger partial charge in [0.2, 0.25) is 4.91 Å². The van der Waals surface area contributed by atoms with Crippen LogP contribution in [0.25, 0.3) is 0 Å². The summed E-state index contributed by atoms with van der Waals surface area (Å²) in [5.41, 5.74) is 8.00. The molecular weight excluding hydrogens is 422 g/mol. The highest BCUT2D eigenvalue weighted by molar-refractivity contribution is 5.78. The molecule has 1 fully saturated rings. The number of carbonyl (C=O) groups excluding carboxylic acids is 2. The third-order valence-corrected chi connectivity index (χ3v) is 5.22. The Bertz CT molecular complexity index is 1030. The topological polar surface area (TPSA) is 127 Å². The average molecular weight is 449 g/mol. The molecule has 2 aromatic carbocycles. The van der Waals surface area contributed by atoms with Crippen LogP contribution in [0.3, 0.4) is 0 Å². The minimum Gasteiger partial charge on any atom is -0.484 e. The predicted octanol–water partition coefficient (Wildman–Crippen LogP) is 2.85. The normalized spacial score (nSPS) is 17.1. The molecule has 0 bridgehead atoms. The van der Waals surface area contributed by atoms with Gasteiger partial charge < -0.3 is 20.1 Å². The number of carbonyl (C=O) groups is 2. The zero-order valence-electron chi connectivity index (χ0n) is 18.1. The van der Waals surface area contributed by atoms with Gasteiger partial charge in [0.1, 0.15) is 17.0 Å². The van der Waals surface area contributed by atoms with Crippen LogP contribution in [-0.4, -0.2) is 37.1 Å². The standard InChI is InChI=1S/C24H25N5O4/c1-2-17-3-11-21(12-4-17)32-15-23(30)26-18-5-7-19(8-6-18)27-24(31)16-33-22-13-9-20(10-14-22)28-29-25/h1,3-4,9-14,18-19,25H,5-8,15-16H2,(H-,26,27,30,31)/p+1. The van der Waals surface area contributed by atoms with Crippen molar-refractivity contribution in [1.82, 2.24) is 15.5 Å². The Balaban J connectivity index is 1.31. The molecule has 0 aromatic heterocycles. The lowest BCUT2D eigenvalue weighted by molar-refractivity contribution is -0.125. The molecule has 170 valence electrons. The van der Waals surface area contributed by atoms with E-state index < -0.39 is 0 Å². The van der Waals surface area contributed by atoms with Crippen molar-refractivity contribution < 1.29 is 19.1 Å². The third kappa shape index (κ3) is 7.80. The number of amides is 2. The number of ether oxygens (including phenoxy) is 2. The van der Waals surface area contributed by atoms with E-state index in [-0.39, 0.29) is 37.1 Å². The first-order chi connectivity index (χ1) is 16.1. The first-order valence-corrected chi connectivity index (χ1v) is 10.6. The maximum absolute atomic E-state index is 12.2. The first-order valence-electron chi connectivity index (χ1n) is 10.6. The summed E-state index contributed by atoms with van der Waals surface area (Å²) in [7, 11) is 0. The van der Waals surface area contributed by atoms with Crippen molar-refractivity contribution in [2.75, 3.05) is 13.2 Å². The van der Waals surface area contributed by atoms with Crippen LogP contribution in [-0.2, 0) is 9.59 Å². The number of hydrogen-bond acceptors (Lipinski definition) is 6. The molecule has 2 amide bonds. The zero-order chi connectivity index (χ0) is 23.5. The molecule has 0 saturated heterocycles. The number of rotatable bonds is 9. The molecule has 1 aliphatic rings. The van der Waals surface area contributed by atoms with Crippen molar-refractivity contribution >= 4 is 17.5 Å². The molecule has 0 spiro atoms. The summed E-state index contributed by atoms with van der Waals surface area (Å²) < 4.78 is 11.0. The van der Waals surface area contributed by atoms with E-state index in [1.54, 1.807) is 48.5 Å². The van der Waals surface area contributed by atoms with Crippen molar-refractivity contribution in [1.29, 1.82) is 5.53 Å². The van der Waals surface area contributed by atoms with Crippen molar-refractivity contribution in [2.24, 2.45) is 5.11 Å². The number of benzene rings is 2. The van der Waals surface area contributed by atoms with Gasteiger partial charge in [0.05, 0.1) is 0 Å². The van der Waals surface area contributed by atoms with Crippen molar-refractivity contribution in [3.05, 3.63) is 54.1 Å². The van der Waals surface area contributed by atoms with Gasteiger partial charge in [-0.25, -0.2) is 0 Å². The predicted molar refractivity (Wildman–Crippen MR) is 121 cm³/mol. The van der Waals surface area contributed by atoms with Crippen molar-refractivity contribution in [3.8, 4) is 23.8 Å². The minimum atomic E-state index is -0.193. The van der Waals surface area contributed by atoms with E-state index >= 15 is 0 Å². The number of nitrogens with one attached hydrogen (secondary N) is 3. The lowest BCUT2D eigenvalue weighted by atomic mass is 9.91. The molecule has 9 heteroatoms. The van der Waals surface area contributed by atoms with Crippen LogP contribution in [0.15, 0.2) is 53.6 Å². The van der Waals surface area contributed by atoms with Gasteiger partial charge >= 0.3 is 0 Å². The fourth-order valence-electron chi connectivity index (χ4n) is 3.53. The molecule has 0 atom stereocenters. The van der Waals surface area contributed by atoms with Gasteiger partial charge in [-0.05, 0) is 74.2 Å². The SMILES string of the molecule is C#Cc1ccc(OCC(=O)NC2CCC(NC(=O)COc3ccc(N=[N+]=N)cc3)CC2)cc1. The van der Waals surface area contributed by atoms with Crippen LogP contribution < -0.4 is 25.0 Å². The smallest absolute Gasteiger partial charge is 0.258 e. The molecule has 1 aliphatic carbocycles. The van der Waals surface area contributed by atoms with Gasteiger partial charge in [-0.2, -0.15) is 0 Å². The largest absolute Gasteiger partial charge is 0.484 e. The molecule has 0 aliphatic heterocycles. The van der Waals surface area contributed by atoms with E-state index in [9.17, 15) is 9.59 Å². The second-order valence-corrected chi connectivity index (χ2v) is 7.62. The Labute approximate surface area is 192 Å². The molecular formula is C24H26N5O4+. The molecule has 1 saturated carbocycles. The van der Waals surface area contributed by atoms with E-state index in [1.807, 2.05) is 0 Å². The van der Waals surface area contributed by atoms with Gasteiger partial charge in [-0.15, -0.1) is 6.42 Å². The summed E-state index contributed by atoms with van der Waals surface area (Å²) in [5.74, 6) is 3.29. The summed E-state index contributed by atoms with van der Waals surface area (Å²) in [6.07, 6.45) is 8.43. The molecule has 3 N–H and O–H groups in total. The second kappa shape index (κ2) is 12.0. The summed E-state index contributed by atoms with van der Waals surface area (Å²) in [5, 5.41) is 9.55. The summed E-state index contributed by atoms with van der Waals surface area (Å²) in [6, 6.07) is 13.8. The number of terminal acetylenes is 1. The first kappa shape index (κ1) is 23.5. The summed E-state index contributed by atoms with van der Waals surface area (Å²) in [4.78, 5) is 27.3. The maximum Gasteiger partial charge on any atom is 0.258 e. The molecule has 0 unspecified atom stereocenters. The summed E-state index contributed by atoms with van der Waals surface area (Å²) >= 11 is 0. The van der Waals surface area contributed by atoms with Crippen LogP contribution in [0.5, 0.6) is 11.5 Å². The quantitative estimate of drug-likeness (QED) is 0.310. The average Bonchev–Trinajstić information content (AvgIpc) is 2.84. The highest BCUT2D eigenvalue weighted by Gasteiger charge is 2.23. The van der Waals surface area contributed by atoms with Crippen molar-refractivity contribution in [3.63, 3.8) is 0 Å². The third-order valence-electron chi connectivity index (χ3n) is 5.22. The van der Waals surface area contributed by atoms with E-state index in [2.05, 4.69) is 26.6 Å². The monoisotopic (exact) mass is 448 g/mol. The lowest BCUT2D eigenvalue weighted by Gasteiger charge is -2.29. The molecule has 3 rings (SSSR count). The van der Waals surface area contributed by atoms with Gasteiger partial charge in [0, 0.05) is 17.6 Å².